The quantitative estimate of drug-likeness (QED) is 0.665. The van der Waals surface area contributed by atoms with E-state index in [0.717, 1.165) is 44.7 Å². The molecule has 3 rings (SSSR count). The van der Waals surface area contributed by atoms with Gasteiger partial charge in [-0.25, -0.2) is 0 Å². The first kappa shape index (κ1) is 21.8. The maximum Gasteiger partial charge on any atom is 0.118 e. The van der Waals surface area contributed by atoms with Crippen LogP contribution in [0.1, 0.15) is 37.8 Å². The van der Waals surface area contributed by atoms with Gasteiger partial charge in [-0.05, 0) is 61.8 Å². The van der Waals surface area contributed by atoms with E-state index in [1.54, 1.807) is 7.11 Å². The molecule has 0 radical (unpaired) electrons. The molecule has 0 amide bonds. The van der Waals surface area contributed by atoms with Gasteiger partial charge in [-0.15, -0.1) is 0 Å². The van der Waals surface area contributed by atoms with Gasteiger partial charge in [-0.1, -0.05) is 42.5 Å². The van der Waals surface area contributed by atoms with E-state index in [-0.39, 0.29) is 23.5 Å². The molecular weight excluding hydrogens is 362 g/mol. The number of hydrogen-bond acceptors (Lipinski definition) is 4. The number of methoxy groups -OCH3 is 1. The van der Waals surface area contributed by atoms with Gasteiger partial charge in [0.2, 0.25) is 0 Å². The van der Waals surface area contributed by atoms with Crippen LogP contribution in [0.2, 0.25) is 0 Å². The van der Waals surface area contributed by atoms with E-state index in [1.165, 1.54) is 11.1 Å². The van der Waals surface area contributed by atoms with E-state index < -0.39 is 0 Å². The van der Waals surface area contributed by atoms with E-state index in [4.69, 9.17) is 9.47 Å². The van der Waals surface area contributed by atoms with Gasteiger partial charge in [0.05, 0.1) is 12.7 Å². The topological polar surface area (TPSA) is 50.7 Å². The van der Waals surface area contributed by atoms with Crippen molar-refractivity contribution in [1.29, 1.82) is 0 Å². The van der Waals surface area contributed by atoms with Crippen molar-refractivity contribution in [3.05, 3.63) is 65.7 Å². The lowest BCUT2D eigenvalue weighted by Gasteiger charge is -2.49. The first-order valence-corrected chi connectivity index (χ1v) is 10.6. The van der Waals surface area contributed by atoms with E-state index >= 15 is 0 Å². The van der Waals surface area contributed by atoms with Crippen molar-refractivity contribution < 1.29 is 14.6 Å². The molecule has 29 heavy (non-hydrogen) atoms. The molecule has 0 spiro atoms. The zero-order chi connectivity index (χ0) is 20.7. The molecular formula is C25H35NO3. The van der Waals surface area contributed by atoms with Crippen molar-refractivity contribution in [3.63, 3.8) is 0 Å². The Bertz CT molecular complexity index is 744. The molecule has 1 aliphatic heterocycles. The molecule has 1 saturated heterocycles. The Kier molecular flexibility index (Phi) is 7.33. The minimum Gasteiger partial charge on any atom is -0.497 e. The minimum atomic E-state index is -0.170. The highest BCUT2D eigenvalue weighted by Gasteiger charge is 2.45. The Labute approximate surface area is 175 Å². The van der Waals surface area contributed by atoms with Crippen LogP contribution in [-0.2, 0) is 17.7 Å². The van der Waals surface area contributed by atoms with E-state index in [1.807, 2.05) is 12.1 Å². The second kappa shape index (κ2) is 9.75. The van der Waals surface area contributed by atoms with Crippen molar-refractivity contribution in [3.8, 4) is 5.75 Å². The van der Waals surface area contributed by atoms with Gasteiger partial charge in [0, 0.05) is 32.2 Å². The Morgan fingerprint density at radius 1 is 1.07 bits per heavy atom. The molecule has 4 nitrogen and oxygen atoms in total. The Hall–Kier alpha value is -1.88. The maximum atomic E-state index is 10.4. The van der Waals surface area contributed by atoms with Crippen molar-refractivity contribution >= 4 is 0 Å². The summed E-state index contributed by atoms with van der Waals surface area (Å²) >= 11 is 0. The summed E-state index contributed by atoms with van der Waals surface area (Å²) in [6.07, 6.45) is 2.89. The SMILES string of the molecule is COc1ccc(CNC[C@H](CO)[C@@]2(Cc3ccccc3)CCOC(C)(C)C2)cc1. The first-order chi connectivity index (χ1) is 14.0. The normalized spacial score (nSPS) is 22.2. The fourth-order valence-corrected chi connectivity index (χ4v) is 4.77. The van der Waals surface area contributed by atoms with E-state index in [9.17, 15) is 5.11 Å². The number of aliphatic hydroxyl groups is 1. The smallest absolute Gasteiger partial charge is 0.118 e. The van der Waals surface area contributed by atoms with Gasteiger partial charge in [-0.2, -0.15) is 0 Å². The average Bonchev–Trinajstić information content (AvgIpc) is 2.71. The summed E-state index contributed by atoms with van der Waals surface area (Å²) in [7, 11) is 1.68. The highest BCUT2D eigenvalue weighted by molar-refractivity contribution is 5.27. The third-order valence-corrected chi connectivity index (χ3v) is 6.23. The lowest BCUT2D eigenvalue weighted by atomic mass is 9.63. The molecule has 0 unspecified atom stereocenters. The number of ether oxygens (including phenoxy) is 2. The lowest BCUT2D eigenvalue weighted by molar-refractivity contribution is -0.127. The molecule has 0 saturated carbocycles. The Balaban J connectivity index is 1.71. The van der Waals surface area contributed by atoms with Gasteiger partial charge in [-0.3, -0.25) is 0 Å². The van der Waals surface area contributed by atoms with Gasteiger partial charge < -0.3 is 19.9 Å². The van der Waals surface area contributed by atoms with Gasteiger partial charge >= 0.3 is 0 Å². The largest absolute Gasteiger partial charge is 0.497 e. The summed E-state index contributed by atoms with van der Waals surface area (Å²) in [5, 5.41) is 13.9. The molecule has 1 aliphatic rings. The van der Waals surface area contributed by atoms with Crippen molar-refractivity contribution in [1.82, 2.24) is 5.32 Å². The van der Waals surface area contributed by atoms with Gasteiger partial charge in [0.15, 0.2) is 0 Å². The van der Waals surface area contributed by atoms with Crippen LogP contribution in [0.5, 0.6) is 5.75 Å². The van der Waals surface area contributed by atoms with E-state index in [2.05, 4.69) is 61.6 Å². The molecule has 158 valence electrons. The van der Waals surface area contributed by atoms with Crippen molar-refractivity contribution in [2.45, 2.75) is 45.3 Å². The number of benzene rings is 2. The summed E-state index contributed by atoms with van der Waals surface area (Å²) < 4.78 is 11.3. The molecule has 0 aliphatic carbocycles. The second-order valence-electron chi connectivity index (χ2n) is 8.92. The summed E-state index contributed by atoms with van der Waals surface area (Å²) in [6, 6.07) is 18.8. The van der Waals surface area contributed by atoms with Crippen LogP contribution in [0.25, 0.3) is 0 Å². The molecule has 0 aromatic heterocycles. The fraction of sp³-hybridized carbons (Fsp3) is 0.520. The maximum absolute atomic E-state index is 10.4. The van der Waals surface area contributed by atoms with Gasteiger partial charge in [0.1, 0.15) is 5.75 Å². The van der Waals surface area contributed by atoms with Crippen molar-refractivity contribution in [2.75, 3.05) is 26.9 Å². The number of rotatable bonds is 9. The fourth-order valence-electron chi connectivity index (χ4n) is 4.77. The van der Waals surface area contributed by atoms with E-state index in [0.29, 0.717) is 0 Å². The molecule has 4 heteroatoms. The molecule has 1 fully saturated rings. The molecule has 2 atom stereocenters. The molecule has 0 bridgehead atoms. The highest BCUT2D eigenvalue weighted by Crippen LogP contribution is 2.46. The number of aliphatic hydroxyl groups excluding tert-OH is 1. The zero-order valence-corrected chi connectivity index (χ0v) is 18.0. The number of hydrogen-bond donors (Lipinski definition) is 2. The second-order valence-corrected chi connectivity index (χ2v) is 8.92. The third kappa shape index (κ3) is 5.81. The lowest BCUT2D eigenvalue weighted by Crippen LogP contribution is -2.50. The van der Waals surface area contributed by atoms with Gasteiger partial charge in [0.25, 0.3) is 0 Å². The Morgan fingerprint density at radius 3 is 2.41 bits per heavy atom. The van der Waals surface area contributed by atoms with Crippen molar-refractivity contribution in [2.24, 2.45) is 11.3 Å². The van der Waals surface area contributed by atoms with Crippen LogP contribution in [-0.4, -0.2) is 37.6 Å². The third-order valence-electron chi connectivity index (χ3n) is 6.23. The van der Waals surface area contributed by atoms with Crippen LogP contribution in [0, 0.1) is 11.3 Å². The first-order valence-electron chi connectivity index (χ1n) is 10.6. The summed E-state index contributed by atoms with van der Waals surface area (Å²) in [4.78, 5) is 0. The molecule has 2 aromatic carbocycles. The predicted molar refractivity (Wildman–Crippen MR) is 117 cm³/mol. The summed E-state index contributed by atoms with van der Waals surface area (Å²) in [6.45, 7) is 6.83. The standard InChI is InChI=1S/C25H35NO3/c1-24(2)19-25(13-14-29-24,15-20-7-5-4-6-8-20)22(18-27)17-26-16-21-9-11-23(28-3)12-10-21/h4-12,22,26-27H,13-19H2,1-3H3/t22-,25-/m1/s1. The summed E-state index contributed by atoms with van der Waals surface area (Å²) in [5.41, 5.74) is 2.40. The van der Waals surface area contributed by atoms with Crippen LogP contribution in [0.3, 0.4) is 0 Å². The minimum absolute atomic E-state index is 0.0186. The number of nitrogens with one attached hydrogen (secondary N) is 1. The molecule has 1 heterocycles. The van der Waals surface area contributed by atoms with Crippen LogP contribution in [0.4, 0.5) is 0 Å². The summed E-state index contributed by atoms with van der Waals surface area (Å²) in [5.74, 6) is 1.04. The predicted octanol–water partition coefficient (Wildman–Crippen LogP) is 4.21. The highest BCUT2D eigenvalue weighted by atomic mass is 16.5. The molecule has 2 N–H and O–H groups in total. The molecule has 2 aromatic rings. The van der Waals surface area contributed by atoms with Crippen LogP contribution < -0.4 is 10.1 Å². The monoisotopic (exact) mass is 397 g/mol. The van der Waals surface area contributed by atoms with Crippen LogP contribution >= 0.6 is 0 Å². The Morgan fingerprint density at radius 2 is 1.79 bits per heavy atom. The zero-order valence-electron chi connectivity index (χ0n) is 18.0. The van der Waals surface area contributed by atoms with Crippen LogP contribution in [0.15, 0.2) is 54.6 Å². The average molecular weight is 398 g/mol.